The van der Waals surface area contributed by atoms with Crippen LogP contribution in [0.25, 0.3) is 22.0 Å². The number of piperazine rings is 1. The van der Waals surface area contributed by atoms with Crippen molar-refractivity contribution >= 4 is 33.8 Å². The van der Waals surface area contributed by atoms with Gasteiger partial charge >= 0.3 is 0 Å². The quantitative estimate of drug-likeness (QED) is 0.266. The highest BCUT2D eigenvalue weighted by Gasteiger charge is 2.32. The van der Waals surface area contributed by atoms with Crippen molar-refractivity contribution in [1.29, 1.82) is 0 Å². The maximum Gasteiger partial charge on any atom is 0.254 e. The van der Waals surface area contributed by atoms with Crippen LogP contribution in [0.15, 0.2) is 37.1 Å². The SMILES string of the molecule is C=C(CCC)c1cc(C(=O)N2CCN(c3ncc(F)cc3OC)CC2)cc2c(F)c(C3=CCCN(F)C3)n(CC3CC3)c12. The zero-order chi connectivity index (χ0) is 30.2. The molecule has 228 valence electrons. The van der Waals surface area contributed by atoms with Crippen molar-refractivity contribution in [3.63, 3.8) is 0 Å². The molecule has 1 aliphatic carbocycles. The van der Waals surface area contributed by atoms with Gasteiger partial charge in [-0.15, -0.1) is 9.60 Å². The van der Waals surface area contributed by atoms with Crippen LogP contribution in [0.1, 0.15) is 60.6 Å². The molecule has 4 heterocycles. The largest absolute Gasteiger partial charge is 0.493 e. The van der Waals surface area contributed by atoms with E-state index in [1.807, 2.05) is 21.6 Å². The van der Waals surface area contributed by atoms with E-state index in [-0.39, 0.29) is 12.5 Å². The van der Waals surface area contributed by atoms with Crippen molar-refractivity contribution in [2.45, 2.75) is 45.6 Å². The van der Waals surface area contributed by atoms with E-state index in [1.165, 1.54) is 13.2 Å². The average Bonchev–Trinajstić information content (AvgIpc) is 3.79. The maximum atomic E-state index is 16.5. The summed E-state index contributed by atoms with van der Waals surface area (Å²) in [5.74, 6) is 0.263. The third-order valence-corrected chi connectivity index (χ3v) is 8.71. The first-order chi connectivity index (χ1) is 20.8. The van der Waals surface area contributed by atoms with E-state index < -0.39 is 11.6 Å². The number of benzene rings is 1. The first-order valence-electron chi connectivity index (χ1n) is 15.2. The fourth-order valence-electron chi connectivity index (χ4n) is 6.32. The molecule has 1 aromatic carbocycles. The van der Waals surface area contributed by atoms with Gasteiger partial charge < -0.3 is 19.1 Å². The van der Waals surface area contributed by atoms with Gasteiger partial charge in [-0.2, -0.15) is 0 Å². The summed E-state index contributed by atoms with van der Waals surface area (Å²) in [5, 5.41) is 1.11. The number of rotatable bonds is 9. The molecule has 3 aromatic rings. The van der Waals surface area contributed by atoms with Crippen LogP contribution in [0.5, 0.6) is 5.75 Å². The number of methoxy groups -OCH3 is 1. The summed E-state index contributed by atoms with van der Waals surface area (Å²) in [5.41, 5.74) is 3.85. The predicted molar refractivity (Wildman–Crippen MR) is 163 cm³/mol. The highest BCUT2D eigenvalue weighted by atomic mass is 19.2. The predicted octanol–water partition coefficient (Wildman–Crippen LogP) is 6.48. The molecular weight excluding hydrogens is 555 g/mol. The van der Waals surface area contributed by atoms with E-state index in [0.717, 1.165) is 47.2 Å². The molecule has 0 atom stereocenters. The first-order valence-corrected chi connectivity index (χ1v) is 15.2. The zero-order valence-electron chi connectivity index (χ0n) is 24.8. The molecule has 0 radical (unpaired) electrons. The van der Waals surface area contributed by atoms with Crippen LogP contribution in [-0.2, 0) is 6.54 Å². The van der Waals surface area contributed by atoms with Gasteiger partial charge in [0.05, 0.1) is 31.1 Å². The number of carbonyl (C=O) groups excluding carboxylic acids is 1. The minimum absolute atomic E-state index is 0.0346. The monoisotopic (exact) mass is 593 g/mol. The Labute approximate surface area is 250 Å². The molecule has 10 heteroatoms. The summed E-state index contributed by atoms with van der Waals surface area (Å²) < 4.78 is 51.9. The van der Waals surface area contributed by atoms with E-state index in [2.05, 4.69) is 18.5 Å². The van der Waals surface area contributed by atoms with Crippen LogP contribution in [0.4, 0.5) is 19.1 Å². The number of amides is 1. The van der Waals surface area contributed by atoms with Gasteiger partial charge in [0.1, 0.15) is 5.82 Å². The fraction of sp³-hybridized carbons (Fsp3) is 0.455. The minimum atomic E-state index is -0.478. The topological polar surface area (TPSA) is 53.8 Å². The summed E-state index contributed by atoms with van der Waals surface area (Å²) in [7, 11) is 1.47. The fourth-order valence-corrected chi connectivity index (χ4v) is 6.32. The molecule has 2 fully saturated rings. The van der Waals surface area contributed by atoms with Gasteiger partial charge in [-0.3, -0.25) is 4.79 Å². The summed E-state index contributed by atoms with van der Waals surface area (Å²) in [6.45, 7) is 9.21. The van der Waals surface area contributed by atoms with Gasteiger partial charge in [0, 0.05) is 61.8 Å². The van der Waals surface area contributed by atoms with Crippen molar-refractivity contribution < 1.29 is 22.8 Å². The summed E-state index contributed by atoms with van der Waals surface area (Å²) in [6, 6.07) is 4.82. The standard InChI is InChI=1S/C33H38F3N5O2/c1-4-6-21(2)26-15-24(33(42)39-13-11-38(12-14-39)32-28(43-3)17-25(34)18-37-32)16-27-29(35)30(23-7-5-10-40(36)20-23)41(31(26)27)19-22-8-9-22/h7,15-18,22H,2,4-6,8-14,19-20H2,1,3H3. The van der Waals surface area contributed by atoms with Gasteiger partial charge in [-0.05, 0) is 54.9 Å². The van der Waals surface area contributed by atoms with Crippen molar-refractivity contribution in [3.8, 4) is 5.75 Å². The van der Waals surface area contributed by atoms with Crippen LogP contribution in [0, 0.1) is 17.6 Å². The second-order valence-corrected chi connectivity index (χ2v) is 11.8. The Balaban J connectivity index is 1.36. The molecule has 6 rings (SSSR count). The van der Waals surface area contributed by atoms with Gasteiger partial charge in [0.2, 0.25) is 0 Å². The lowest BCUT2D eigenvalue weighted by molar-refractivity contribution is 0.0409. The minimum Gasteiger partial charge on any atom is -0.493 e. The second kappa shape index (κ2) is 12.1. The Hall–Kier alpha value is -3.79. The van der Waals surface area contributed by atoms with Crippen molar-refractivity contribution in [1.82, 2.24) is 19.6 Å². The summed E-state index contributed by atoms with van der Waals surface area (Å²) in [6.07, 6.45) is 7.35. The molecule has 1 saturated carbocycles. The molecule has 1 amide bonds. The Kier molecular flexibility index (Phi) is 8.22. The molecule has 0 spiro atoms. The van der Waals surface area contributed by atoms with Crippen LogP contribution in [-0.4, -0.2) is 71.9 Å². The van der Waals surface area contributed by atoms with Crippen LogP contribution in [0.3, 0.4) is 0 Å². The molecule has 2 aromatic heterocycles. The lowest BCUT2D eigenvalue weighted by Crippen LogP contribution is -2.49. The second-order valence-electron chi connectivity index (χ2n) is 11.8. The van der Waals surface area contributed by atoms with Crippen LogP contribution in [0.2, 0.25) is 0 Å². The number of hydrogen-bond acceptors (Lipinski definition) is 5. The third-order valence-electron chi connectivity index (χ3n) is 8.71. The molecule has 0 bridgehead atoms. The zero-order valence-corrected chi connectivity index (χ0v) is 24.8. The Bertz CT molecular complexity index is 1590. The van der Waals surface area contributed by atoms with Crippen molar-refractivity contribution in [2.75, 3.05) is 51.3 Å². The number of halogens is 3. The molecule has 7 nitrogen and oxygen atoms in total. The first kappa shape index (κ1) is 29.3. The molecule has 2 aliphatic heterocycles. The Morgan fingerprint density at radius 2 is 1.88 bits per heavy atom. The van der Waals surface area contributed by atoms with E-state index in [9.17, 15) is 13.7 Å². The smallest absolute Gasteiger partial charge is 0.254 e. The number of aromatic nitrogens is 2. The van der Waals surface area contributed by atoms with E-state index in [1.54, 1.807) is 11.0 Å². The summed E-state index contributed by atoms with van der Waals surface area (Å²) >= 11 is 0. The number of allylic oxidation sites excluding steroid dienone is 1. The lowest BCUT2D eigenvalue weighted by Gasteiger charge is -2.36. The number of fused-ring (bicyclic) bond motifs is 1. The van der Waals surface area contributed by atoms with Crippen LogP contribution >= 0.6 is 0 Å². The number of ether oxygens (including phenoxy) is 1. The van der Waals surface area contributed by atoms with Crippen molar-refractivity contribution in [3.05, 3.63) is 65.5 Å². The number of anilines is 1. The maximum absolute atomic E-state index is 16.5. The molecule has 43 heavy (non-hydrogen) atoms. The number of nitrogens with zero attached hydrogens (tertiary/aromatic N) is 5. The molecule has 0 N–H and O–H groups in total. The normalized spacial score (nSPS) is 17.8. The molecule has 3 aliphatic rings. The van der Waals surface area contributed by atoms with E-state index >= 15 is 4.39 Å². The van der Waals surface area contributed by atoms with E-state index in [0.29, 0.717) is 91.8 Å². The number of hydrogen-bond donors (Lipinski definition) is 0. The average molecular weight is 594 g/mol. The number of carbonyl (C=O) groups is 1. The molecule has 0 unspecified atom stereocenters. The van der Waals surface area contributed by atoms with E-state index in [4.69, 9.17) is 4.74 Å². The van der Waals surface area contributed by atoms with Crippen LogP contribution < -0.4 is 9.64 Å². The highest BCUT2D eigenvalue weighted by Crippen LogP contribution is 2.41. The third kappa shape index (κ3) is 5.77. The number of pyridine rings is 1. The lowest BCUT2D eigenvalue weighted by atomic mass is 9.97. The van der Waals surface area contributed by atoms with Gasteiger partial charge in [0.15, 0.2) is 17.4 Å². The highest BCUT2D eigenvalue weighted by molar-refractivity contribution is 6.03. The Morgan fingerprint density at radius 3 is 2.56 bits per heavy atom. The molecule has 1 saturated heterocycles. The molecular formula is C33H38F3N5O2. The van der Waals surface area contributed by atoms with Gasteiger partial charge in [0.25, 0.3) is 5.91 Å². The summed E-state index contributed by atoms with van der Waals surface area (Å²) in [4.78, 5) is 21.8. The Morgan fingerprint density at radius 1 is 1.12 bits per heavy atom. The van der Waals surface area contributed by atoms with Crippen molar-refractivity contribution in [2.24, 2.45) is 5.92 Å². The van der Waals surface area contributed by atoms with Gasteiger partial charge in [-0.25, -0.2) is 13.8 Å². The van der Waals surface area contributed by atoms with Gasteiger partial charge in [-0.1, -0.05) is 26.0 Å².